The number of benzene rings is 12. The molecule has 1 aliphatic carbocycles. The normalized spacial score (nSPS) is 13.1. The summed E-state index contributed by atoms with van der Waals surface area (Å²) in [6, 6.07) is 67.6. The number of hydrogen-bond acceptors (Lipinski definition) is 0. The molecule has 0 unspecified atom stereocenters. The summed E-state index contributed by atoms with van der Waals surface area (Å²) in [4.78, 5) is 0. The van der Waals surface area contributed by atoms with E-state index in [4.69, 9.17) is 0 Å². The second-order valence-electron chi connectivity index (χ2n) is 19.0. The van der Waals surface area contributed by atoms with Crippen molar-refractivity contribution in [3.8, 4) is 44.5 Å². The quantitative estimate of drug-likeness (QED) is 0.121. The highest BCUT2D eigenvalue weighted by Gasteiger charge is 2.30. The van der Waals surface area contributed by atoms with Crippen LogP contribution in [-0.4, -0.2) is 0 Å². The van der Waals surface area contributed by atoms with Crippen LogP contribution in [0.1, 0.15) is 26.3 Å². The molecule has 0 aromatic heterocycles. The maximum Gasteiger partial charge on any atom is -0.000718 e. The van der Waals surface area contributed by atoms with Crippen molar-refractivity contribution in [3.05, 3.63) is 181 Å². The average Bonchev–Trinajstić information content (AvgIpc) is 3.94. The van der Waals surface area contributed by atoms with E-state index in [1.165, 1.54) is 158 Å². The summed E-state index contributed by atoms with van der Waals surface area (Å²) in [5.74, 6) is 0. The molecule has 14 aromatic carbocycles. The molecule has 0 fully saturated rings. The lowest BCUT2D eigenvalue weighted by Crippen LogP contribution is -2.10. The molecule has 0 atom stereocenters. The largest absolute Gasteiger partial charge is 0.0622 e. The summed E-state index contributed by atoms with van der Waals surface area (Å²) in [5.41, 5.74) is 12.1. The summed E-state index contributed by atoms with van der Waals surface area (Å²) < 4.78 is 0. The van der Waals surface area contributed by atoms with E-state index in [9.17, 15) is 0 Å². The number of rotatable bonds is 2. The Balaban J connectivity index is 1.16. The molecular weight excluding hydrogens is 745 g/mol. The fraction of sp³-hybridized carbons (Fsp3) is 0.0645. The van der Waals surface area contributed by atoms with E-state index in [0.717, 1.165) is 0 Å². The Morgan fingerprint density at radius 3 is 1.35 bits per heavy atom. The molecule has 0 bridgehead atoms. The zero-order chi connectivity index (χ0) is 40.7. The third kappa shape index (κ3) is 3.91. The minimum atomic E-state index is 0.0825. The molecule has 286 valence electrons. The van der Waals surface area contributed by atoms with Crippen molar-refractivity contribution in [1.82, 2.24) is 0 Å². The Kier molecular flexibility index (Phi) is 6.02. The molecule has 0 radical (unpaired) electrons. The topological polar surface area (TPSA) is 0 Å². The van der Waals surface area contributed by atoms with E-state index < -0.39 is 0 Å². The van der Waals surface area contributed by atoms with E-state index in [1.807, 2.05) is 0 Å². The first kappa shape index (κ1) is 33.2. The second kappa shape index (κ2) is 11.2. The van der Waals surface area contributed by atoms with Crippen molar-refractivity contribution in [2.24, 2.45) is 0 Å². The maximum atomic E-state index is 2.54. The molecule has 0 heterocycles. The Hall–Kier alpha value is -7.54. The van der Waals surface area contributed by atoms with Crippen molar-refractivity contribution >= 4 is 108 Å². The summed E-state index contributed by atoms with van der Waals surface area (Å²) in [6.45, 7) is 6.95. The van der Waals surface area contributed by atoms with E-state index in [0.29, 0.717) is 0 Å². The van der Waals surface area contributed by atoms with Crippen LogP contribution in [0.15, 0.2) is 176 Å². The van der Waals surface area contributed by atoms with Crippen molar-refractivity contribution in [2.75, 3.05) is 0 Å². The Morgan fingerprint density at radius 2 is 0.694 bits per heavy atom. The van der Waals surface area contributed by atoms with Crippen LogP contribution < -0.4 is 0 Å². The summed E-state index contributed by atoms with van der Waals surface area (Å²) in [5, 5.41) is 26.9. The summed E-state index contributed by atoms with van der Waals surface area (Å²) in [6.07, 6.45) is 0. The number of fused-ring (bicyclic) bond motifs is 13. The SMILES string of the molecule is CC(C)(C)c1ccc2c(c1)-c1ccc3c4ccc5c6c(-c7ccccc7)c7cc8c9ccccc9c9cccc(c7c(-c7ccccc7)c6c6ccc(c7ccc-2c1c37)c4c56)c98. The highest BCUT2D eigenvalue weighted by Crippen LogP contribution is 2.58. The number of hydrogen-bond donors (Lipinski definition) is 0. The van der Waals surface area contributed by atoms with E-state index in [1.54, 1.807) is 0 Å². The Bertz CT molecular complexity index is 4240. The van der Waals surface area contributed by atoms with Crippen molar-refractivity contribution < 1.29 is 0 Å². The monoisotopic (exact) mass is 782 g/mol. The summed E-state index contributed by atoms with van der Waals surface area (Å²) in [7, 11) is 0. The van der Waals surface area contributed by atoms with Gasteiger partial charge in [-0.1, -0.05) is 185 Å². The first-order valence-electron chi connectivity index (χ1n) is 22.1. The van der Waals surface area contributed by atoms with Gasteiger partial charge in [0.1, 0.15) is 0 Å². The van der Waals surface area contributed by atoms with E-state index in [-0.39, 0.29) is 5.41 Å². The molecule has 1 aliphatic rings. The van der Waals surface area contributed by atoms with Gasteiger partial charge in [0.05, 0.1) is 0 Å². The Morgan fingerprint density at radius 1 is 0.242 bits per heavy atom. The molecular formula is C62H38. The first-order valence-corrected chi connectivity index (χ1v) is 22.1. The average molecular weight is 783 g/mol. The van der Waals surface area contributed by atoms with Crippen LogP contribution >= 0.6 is 0 Å². The van der Waals surface area contributed by atoms with Gasteiger partial charge in [0.25, 0.3) is 0 Å². The van der Waals surface area contributed by atoms with E-state index in [2.05, 4.69) is 197 Å². The minimum absolute atomic E-state index is 0.0825. The molecule has 15 rings (SSSR count). The molecule has 14 aromatic rings. The molecule has 0 N–H and O–H groups in total. The fourth-order valence-corrected chi connectivity index (χ4v) is 12.4. The van der Waals surface area contributed by atoms with Gasteiger partial charge in [-0.3, -0.25) is 0 Å². The van der Waals surface area contributed by atoms with Gasteiger partial charge < -0.3 is 0 Å². The Labute approximate surface area is 358 Å². The van der Waals surface area contributed by atoms with Crippen molar-refractivity contribution in [2.45, 2.75) is 26.2 Å². The lowest BCUT2D eigenvalue weighted by molar-refractivity contribution is 0.590. The maximum absolute atomic E-state index is 2.54. The van der Waals surface area contributed by atoms with Gasteiger partial charge in [0, 0.05) is 0 Å². The summed E-state index contributed by atoms with van der Waals surface area (Å²) >= 11 is 0. The molecule has 0 amide bonds. The molecule has 0 nitrogen and oxygen atoms in total. The molecule has 0 aliphatic heterocycles. The predicted molar refractivity (Wildman–Crippen MR) is 269 cm³/mol. The van der Waals surface area contributed by atoms with Gasteiger partial charge in [-0.15, -0.1) is 0 Å². The molecule has 0 heteroatoms. The van der Waals surface area contributed by atoms with Crippen LogP contribution in [0.2, 0.25) is 0 Å². The third-order valence-electron chi connectivity index (χ3n) is 15.0. The lowest BCUT2D eigenvalue weighted by Gasteiger charge is -2.20. The molecule has 0 saturated carbocycles. The second-order valence-corrected chi connectivity index (χ2v) is 19.0. The van der Waals surface area contributed by atoms with Crippen LogP contribution in [0.25, 0.3) is 152 Å². The minimum Gasteiger partial charge on any atom is -0.0622 e. The standard InChI is InChI=1S/C62H38/c1-62(2,3)35-21-22-38-40-23-24-41-44-28-30-48-58-47(29-27-43(57(44)58)42-25-26-45(49(38)31-35)55(40)56(41)42)60-52(33-13-6-4-7-14-33)51-32-50-37-18-11-10-17-36(37)39-19-12-20-46(54(39)50)59(51)53(61(48)60)34-15-8-5-9-16-34/h4-32H,1-3H3. The smallest absolute Gasteiger partial charge is 0.000718 e. The molecule has 0 spiro atoms. The lowest BCUT2D eigenvalue weighted by atomic mass is 9.84. The van der Waals surface area contributed by atoms with Gasteiger partial charge in [-0.2, -0.15) is 0 Å². The van der Waals surface area contributed by atoms with Gasteiger partial charge in [-0.25, -0.2) is 0 Å². The highest BCUT2D eigenvalue weighted by molar-refractivity contribution is 6.48. The van der Waals surface area contributed by atoms with Crippen LogP contribution in [0, 0.1) is 0 Å². The third-order valence-corrected chi connectivity index (χ3v) is 15.0. The first-order chi connectivity index (χ1) is 30.4. The fourth-order valence-electron chi connectivity index (χ4n) is 12.4. The van der Waals surface area contributed by atoms with Crippen LogP contribution in [0.4, 0.5) is 0 Å². The van der Waals surface area contributed by atoms with Crippen molar-refractivity contribution in [3.63, 3.8) is 0 Å². The molecule has 0 saturated heterocycles. The van der Waals surface area contributed by atoms with Crippen LogP contribution in [0.3, 0.4) is 0 Å². The van der Waals surface area contributed by atoms with Crippen LogP contribution in [0.5, 0.6) is 0 Å². The predicted octanol–water partition coefficient (Wildman–Crippen LogP) is 17.8. The van der Waals surface area contributed by atoms with Gasteiger partial charge in [-0.05, 0) is 175 Å². The van der Waals surface area contributed by atoms with Gasteiger partial charge in [0.15, 0.2) is 0 Å². The van der Waals surface area contributed by atoms with Gasteiger partial charge >= 0.3 is 0 Å². The van der Waals surface area contributed by atoms with Crippen molar-refractivity contribution in [1.29, 1.82) is 0 Å². The van der Waals surface area contributed by atoms with Crippen LogP contribution in [-0.2, 0) is 5.41 Å². The highest BCUT2D eigenvalue weighted by atomic mass is 14.3. The molecule has 62 heavy (non-hydrogen) atoms. The zero-order valence-corrected chi connectivity index (χ0v) is 34.7. The zero-order valence-electron chi connectivity index (χ0n) is 34.7. The van der Waals surface area contributed by atoms with Gasteiger partial charge in [0.2, 0.25) is 0 Å². The van der Waals surface area contributed by atoms with E-state index >= 15 is 0 Å².